The number of rotatable bonds is 4. The van der Waals surface area contributed by atoms with Gasteiger partial charge in [-0.25, -0.2) is 0 Å². The third-order valence-corrected chi connectivity index (χ3v) is 4.53. The van der Waals surface area contributed by atoms with E-state index in [0.717, 1.165) is 11.5 Å². The molecule has 0 aromatic carbocycles. The largest absolute Gasteiger partial charge is 0.362 e. The molecule has 1 fully saturated rings. The Morgan fingerprint density at radius 2 is 2.00 bits per heavy atom. The van der Waals surface area contributed by atoms with Crippen LogP contribution in [-0.4, -0.2) is 30.3 Å². The fraction of sp³-hybridized carbons (Fsp3) is 0.714. The molecule has 80 valence electrons. The summed E-state index contributed by atoms with van der Waals surface area (Å²) in [6.07, 6.45) is 5.10. The van der Waals surface area contributed by atoms with Gasteiger partial charge in [0.1, 0.15) is 12.7 Å². The second-order valence-corrected chi connectivity index (χ2v) is 6.11. The van der Waals surface area contributed by atoms with Crippen molar-refractivity contribution in [2.24, 2.45) is 11.0 Å². The first-order valence-electron chi connectivity index (χ1n) is 4.00. The molecule has 1 aliphatic heterocycles. The molecule has 2 atom stereocenters. The van der Waals surface area contributed by atoms with Gasteiger partial charge in [-0.15, -0.1) is 6.42 Å². The first-order chi connectivity index (χ1) is 6.74. The zero-order chi connectivity index (χ0) is 10.4. The Balaban J connectivity index is 2.38. The van der Waals surface area contributed by atoms with Gasteiger partial charge in [0, 0.05) is 11.5 Å². The Labute approximate surface area is 93.2 Å². The Morgan fingerprint density at radius 3 is 2.57 bits per heavy atom. The summed E-state index contributed by atoms with van der Waals surface area (Å²) < 4.78 is 10.8. The third kappa shape index (κ3) is 4.37. The van der Waals surface area contributed by atoms with E-state index in [4.69, 9.17) is 26.7 Å². The molecule has 7 heteroatoms. The number of hydrogen-bond donors (Lipinski definition) is 2. The van der Waals surface area contributed by atoms with Gasteiger partial charge in [0.2, 0.25) is 0 Å². The monoisotopic (exact) mass is 252 g/mol. The van der Waals surface area contributed by atoms with Crippen LogP contribution in [0.4, 0.5) is 0 Å². The molecule has 0 bridgehead atoms. The average molecular weight is 252 g/mol. The lowest BCUT2D eigenvalue weighted by Crippen LogP contribution is -2.38. The summed E-state index contributed by atoms with van der Waals surface area (Å²) in [6.45, 7) is 0.308. The summed E-state index contributed by atoms with van der Waals surface area (Å²) in [5.74, 6) is 4.14. The van der Waals surface area contributed by atoms with E-state index in [-0.39, 0.29) is 12.2 Å². The quantitative estimate of drug-likeness (QED) is 0.440. The molecule has 4 N–H and O–H groups in total. The Bertz CT molecular complexity index is 212. The number of ether oxygens (including phenoxy) is 1. The van der Waals surface area contributed by atoms with Crippen molar-refractivity contribution in [1.29, 1.82) is 0 Å². The van der Waals surface area contributed by atoms with E-state index < -0.39 is 8.45 Å². The van der Waals surface area contributed by atoms with Crippen LogP contribution in [0.1, 0.15) is 0 Å². The maximum absolute atomic E-state index is 5.45. The maximum Gasteiger partial charge on any atom is 0.176 e. The van der Waals surface area contributed by atoms with Crippen LogP contribution in [0.2, 0.25) is 0 Å². The highest BCUT2D eigenvalue weighted by Gasteiger charge is 2.28. The molecule has 0 aromatic heterocycles. The molecule has 4 nitrogen and oxygen atoms in total. The van der Waals surface area contributed by atoms with Crippen LogP contribution >= 0.6 is 30.0 Å². The topological polar surface area (TPSA) is 70.5 Å². The van der Waals surface area contributed by atoms with E-state index in [2.05, 4.69) is 5.92 Å². The number of hydrogen-bond acceptors (Lipinski definition) is 6. The summed E-state index contributed by atoms with van der Waals surface area (Å²) in [5.41, 5.74) is 10.8. The van der Waals surface area contributed by atoms with Crippen molar-refractivity contribution in [2.75, 3.05) is 18.1 Å². The maximum atomic E-state index is 5.45. The Morgan fingerprint density at radius 1 is 1.36 bits per heavy atom. The average Bonchev–Trinajstić information content (AvgIpc) is 2.16. The fourth-order valence-corrected chi connectivity index (χ4v) is 4.07. The van der Waals surface area contributed by atoms with Gasteiger partial charge >= 0.3 is 0 Å². The van der Waals surface area contributed by atoms with Gasteiger partial charge in [0.25, 0.3) is 0 Å². The molecule has 0 amide bonds. The minimum absolute atomic E-state index is 0.00870. The van der Waals surface area contributed by atoms with E-state index in [1.807, 2.05) is 0 Å². The van der Waals surface area contributed by atoms with E-state index in [1.165, 1.54) is 0 Å². The summed E-state index contributed by atoms with van der Waals surface area (Å²) in [4.78, 5) is 0. The predicted molar refractivity (Wildman–Crippen MR) is 63.7 cm³/mol. The number of nitrogens with two attached hydrogens (primary N) is 2. The molecule has 2 unspecified atom stereocenters. The van der Waals surface area contributed by atoms with Crippen molar-refractivity contribution in [3.63, 3.8) is 0 Å². The van der Waals surface area contributed by atoms with Crippen molar-refractivity contribution in [3.05, 3.63) is 0 Å². The first-order valence-corrected chi connectivity index (χ1v) is 7.88. The van der Waals surface area contributed by atoms with E-state index in [1.54, 1.807) is 21.6 Å². The van der Waals surface area contributed by atoms with Crippen molar-refractivity contribution >= 4 is 30.0 Å². The molecule has 0 spiro atoms. The standard InChI is InChI=1S/C7H13N2O2PS2/c1-2-3-10-6-4-13-14-5-7(6)11-12(8)9/h1,6-7H,3-5,8-9H2. The smallest absolute Gasteiger partial charge is 0.176 e. The van der Waals surface area contributed by atoms with Gasteiger partial charge in [-0.2, -0.15) is 0 Å². The van der Waals surface area contributed by atoms with Gasteiger partial charge in [0.05, 0.1) is 6.10 Å². The van der Waals surface area contributed by atoms with Gasteiger partial charge in [0.15, 0.2) is 8.45 Å². The van der Waals surface area contributed by atoms with Crippen molar-refractivity contribution in [3.8, 4) is 12.3 Å². The van der Waals surface area contributed by atoms with Crippen LogP contribution < -0.4 is 11.0 Å². The predicted octanol–water partition coefficient (Wildman–Crippen LogP) is 0.929. The highest BCUT2D eigenvalue weighted by molar-refractivity contribution is 8.76. The van der Waals surface area contributed by atoms with Gasteiger partial charge in [-0.1, -0.05) is 27.5 Å². The molecule has 0 saturated carbocycles. The molecule has 1 saturated heterocycles. The van der Waals surface area contributed by atoms with E-state index in [9.17, 15) is 0 Å². The molecule has 1 aliphatic rings. The van der Waals surface area contributed by atoms with Crippen LogP contribution in [-0.2, 0) is 9.26 Å². The highest BCUT2D eigenvalue weighted by atomic mass is 33.1. The summed E-state index contributed by atoms with van der Waals surface area (Å²) >= 11 is 0. The molecule has 14 heavy (non-hydrogen) atoms. The molecule has 0 aliphatic carbocycles. The Kier molecular flexibility index (Phi) is 6.22. The molecular weight excluding hydrogens is 239 g/mol. The normalized spacial score (nSPS) is 27.6. The molecule has 0 aromatic rings. The number of terminal acetylenes is 1. The van der Waals surface area contributed by atoms with Crippen molar-refractivity contribution in [2.45, 2.75) is 12.2 Å². The van der Waals surface area contributed by atoms with Crippen LogP contribution in [0.3, 0.4) is 0 Å². The van der Waals surface area contributed by atoms with Crippen LogP contribution in [0.5, 0.6) is 0 Å². The van der Waals surface area contributed by atoms with Gasteiger partial charge < -0.3 is 9.26 Å². The van der Waals surface area contributed by atoms with E-state index in [0.29, 0.717) is 6.61 Å². The Hall–Kier alpha value is 0.530. The molecule has 0 radical (unpaired) electrons. The lowest BCUT2D eigenvalue weighted by molar-refractivity contribution is 0.0176. The molecule has 1 rings (SSSR count). The zero-order valence-corrected chi connectivity index (χ0v) is 10.1. The zero-order valence-electron chi connectivity index (χ0n) is 7.59. The van der Waals surface area contributed by atoms with Crippen molar-refractivity contribution in [1.82, 2.24) is 0 Å². The van der Waals surface area contributed by atoms with Gasteiger partial charge in [-0.3, -0.25) is 11.0 Å². The van der Waals surface area contributed by atoms with E-state index >= 15 is 0 Å². The second kappa shape index (κ2) is 6.91. The summed E-state index contributed by atoms with van der Waals surface area (Å²) in [6, 6.07) is 0. The lowest BCUT2D eigenvalue weighted by Gasteiger charge is -2.30. The fourth-order valence-electron chi connectivity index (χ4n) is 1.01. The lowest BCUT2D eigenvalue weighted by atomic mass is 10.2. The van der Waals surface area contributed by atoms with Crippen molar-refractivity contribution < 1.29 is 9.26 Å². The minimum atomic E-state index is -1.32. The van der Waals surface area contributed by atoms with Crippen LogP contribution in [0.15, 0.2) is 0 Å². The van der Waals surface area contributed by atoms with Crippen LogP contribution in [0, 0.1) is 12.3 Å². The first kappa shape index (κ1) is 12.6. The SMILES string of the molecule is C#CCOC1CSSCC1OP(N)N. The minimum Gasteiger partial charge on any atom is -0.362 e. The molecule has 1 heterocycles. The summed E-state index contributed by atoms with van der Waals surface area (Å²) in [7, 11) is 2.18. The molecular formula is C7H13N2O2PS2. The van der Waals surface area contributed by atoms with Gasteiger partial charge in [-0.05, 0) is 0 Å². The third-order valence-electron chi connectivity index (χ3n) is 1.60. The van der Waals surface area contributed by atoms with Crippen LogP contribution in [0.25, 0.3) is 0 Å². The highest BCUT2D eigenvalue weighted by Crippen LogP contribution is 2.35. The summed E-state index contributed by atoms with van der Waals surface area (Å²) in [5, 5.41) is 0. The second-order valence-electron chi connectivity index (χ2n) is 2.63.